The largest absolute Gasteiger partial charge is 0.467 e. The van der Waals surface area contributed by atoms with Crippen molar-refractivity contribution in [1.29, 1.82) is 0 Å². The van der Waals surface area contributed by atoms with E-state index in [1.54, 1.807) is 0 Å². The molecule has 3 heteroatoms. The summed E-state index contributed by atoms with van der Waals surface area (Å²) in [7, 11) is 1.38. The monoisotopic (exact) mass is 189 g/mol. The summed E-state index contributed by atoms with van der Waals surface area (Å²) in [4.78, 5) is 15.2. The Morgan fingerprint density at radius 1 is 1.36 bits per heavy atom. The Hall–Kier alpha value is -1.64. The van der Waals surface area contributed by atoms with Crippen LogP contribution >= 0.6 is 0 Å². The number of aliphatic imine (C=N–C) groups is 1. The molecule has 0 saturated carbocycles. The molecule has 1 atom stereocenters. The van der Waals surface area contributed by atoms with Gasteiger partial charge in [-0.15, -0.1) is 0 Å². The van der Waals surface area contributed by atoms with Gasteiger partial charge >= 0.3 is 5.97 Å². The minimum Gasteiger partial charge on any atom is -0.467 e. The zero-order chi connectivity index (χ0) is 10.1. The molecule has 0 radical (unpaired) electrons. The van der Waals surface area contributed by atoms with Gasteiger partial charge in [-0.1, -0.05) is 29.8 Å². The summed E-state index contributed by atoms with van der Waals surface area (Å²) in [6, 6.07) is 7.59. The standard InChI is InChI=1S/C11H11NO2/c1-7-3-5-8(6-4-7)9-10(12-9)11(13)14-2/h3-6,10H,1-2H3. The van der Waals surface area contributed by atoms with Crippen molar-refractivity contribution in [2.24, 2.45) is 4.99 Å². The summed E-state index contributed by atoms with van der Waals surface area (Å²) in [5.41, 5.74) is 3.03. The predicted molar refractivity (Wildman–Crippen MR) is 53.5 cm³/mol. The quantitative estimate of drug-likeness (QED) is 0.658. The van der Waals surface area contributed by atoms with Crippen LogP contribution in [0.1, 0.15) is 11.1 Å². The van der Waals surface area contributed by atoms with Crippen molar-refractivity contribution in [1.82, 2.24) is 0 Å². The molecule has 1 aliphatic rings. The summed E-state index contributed by atoms with van der Waals surface area (Å²) in [5, 5.41) is 0. The van der Waals surface area contributed by atoms with E-state index >= 15 is 0 Å². The summed E-state index contributed by atoms with van der Waals surface area (Å²) in [5.74, 6) is -0.277. The molecule has 1 aliphatic heterocycles. The van der Waals surface area contributed by atoms with E-state index < -0.39 is 0 Å². The summed E-state index contributed by atoms with van der Waals surface area (Å²) >= 11 is 0. The van der Waals surface area contributed by atoms with Gasteiger partial charge < -0.3 is 4.74 Å². The molecule has 3 nitrogen and oxygen atoms in total. The maximum absolute atomic E-state index is 11.1. The van der Waals surface area contributed by atoms with Crippen LogP contribution in [0.4, 0.5) is 0 Å². The molecule has 72 valence electrons. The van der Waals surface area contributed by atoms with E-state index in [0.29, 0.717) is 0 Å². The SMILES string of the molecule is COC(=O)C1N=C1c1ccc(C)cc1. The number of rotatable bonds is 2. The van der Waals surface area contributed by atoms with Crippen LogP contribution < -0.4 is 0 Å². The van der Waals surface area contributed by atoms with Crippen LogP contribution in [0.5, 0.6) is 0 Å². The highest BCUT2D eigenvalue weighted by molar-refractivity contribution is 6.24. The van der Waals surface area contributed by atoms with Crippen molar-refractivity contribution in [3.8, 4) is 0 Å². The first-order valence-corrected chi connectivity index (χ1v) is 4.45. The second-order valence-electron chi connectivity index (χ2n) is 3.31. The fourth-order valence-corrected chi connectivity index (χ4v) is 1.33. The number of hydrogen-bond acceptors (Lipinski definition) is 3. The first-order chi connectivity index (χ1) is 6.72. The van der Waals surface area contributed by atoms with Crippen LogP contribution in [0.3, 0.4) is 0 Å². The highest BCUT2D eigenvalue weighted by atomic mass is 16.5. The van der Waals surface area contributed by atoms with E-state index in [4.69, 9.17) is 0 Å². The van der Waals surface area contributed by atoms with Gasteiger partial charge in [-0.3, -0.25) is 4.99 Å². The molecule has 0 spiro atoms. The van der Waals surface area contributed by atoms with Crippen molar-refractivity contribution in [3.63, 3.8) is 0 Å². The van der Waals surface area contributed by atoms with Gasteiger partial charge in [-0.05, 0) is 12.5 Å². The Kier molecular flexibility index (Phi) is 2.08. The van der Waals surface area contributed by atoms with Crippen LogP contribution in [0.25, 0.3) is 0 Å². The van der Waals surface area contributed by atoms with Gasteiger partial charge in [0.05, 0.1) is 12.8 Å². The lowest BCUT2D eigenvalue weighted by Crippen LogP contribution is -2.14. The number of aryl methyl sites for hydroxylation is 1. The van der Waals surface area contributed by atoms with E-state index in [0.717, 1.165) is 11.3 Å². The summed E-state index contributed by atoms with van der Waals surface area (Å²) < 4.78 is 4.60. The van der Waals surface area contributed by atoms with E-state index in [1.807, 2.05) is 31.2 Å². The number of carbonyl (C=O) groups excluding carboxylic acids is 1. The van der Waals surface area contributed by atoms with Gasteiger partial charge in [0.1, 0.15) is 0 Å². The number of nitrogens with zero attached hydrogens (tertiary/aromatic N) is 1. The molecule has 0 fully saturated rings. The lowest BCUT2D eigenvalue weighted by Gasteiger charge is -1.96. The zero-order valence-electron chi connectivity index (χ0n) is 8.15. The third kappa shape index (κ3) is 1.53. The first kappa shape index (κ1) is 8.94. The van der Waals surface area contributed by atoms with Gasteiger partial charge in [0.25, 0.3) is 0 Å². The van der Waals surface area contributed by atoms with Crippen LogP contribution in [0, 0.1) is 6.92 Å². The number of methoxy groups -OCH3 is 1. The molecule has 0 bridgehead atoms. The topological polar surface area (TPSA) is 38.7 Å². The molecule has 0 aliphatic carbocycles. The molecule has 0 N–H and O–H groups in total. The molecule has 1 heterocycles. The van der Waals surface area contributed by atoms with Crippen LogP contribution in [-0.2, 0) is 9.53 Å². The Labute approximate surface area is 82.4 Å². The van der Waals surface area contributed by atoms with E-state index in [-0.39, 0.29) is 12.0 Å². The third-order valence-electron chi connectivity index (χ3n) is 2.23. The van der Waals surface area contributed by atoms with E-state index in [1.165, 1.54) is 12.7 Å². The number of ether oxygens (including phenoxy) is 1. The lowest BCUT2D eigenvalue weighted by atomic mass is 10.1. The Morgan fingerprint density at radius 3 is 2.57 bits per heavy atom. The van der Waals surface area contributed by atoms with Gasteiger partial charge in [0, 0.05) is 0 Å². The van der Waals surface area contributed by atoms with Crippen molar-refractivity contribution in [3.05, 3.63) is 35.4 Å². The average Bonchev–Trinajstić information content (AvgIpc) is 2.98. The van der Waals surface area contributed by atoms with Crippen molar-refractivity contribution in [2.45, 2.75) is 13.0 Å². The molecule has 1 aromatic rings. The Morgan fingerprint density at radius 2 is 2.00 bits per heavy atom. The number of benzene rings is 1. The van der Waals surface area contributed by atoms with Gasteiger partial charge in [0.15, 0.2) is 6.04 Å². The van der Waals surface area contributed by atoms with Crippen molar-refractivity contribution >= 4 is 11.7 Å². The molecule has 0 aromatic heterocycles. The van der Waals surface area contributed by atoms with E-state index in [9.17, 15) is 4.79 Å². The second kappa shape index (κ2) is 3.25. The Balaban J connectivity index is 2.10. The Bertz CT molecular complexity index is 392. The molecular weight excluding hydrogens is 178 g/mol. The maximum Gasteiger partial charge on any atom is 0.336 e. The molecular formula is C11H11NO2. The van der Waals surface area contributed by atoms with Crippen LogP contribution in [-0.4, -0.2) is 24.8 Å². The lowest BCUT2D eigenvalue weighted by molar-refractivity contribution is -0.139. The van der Waals surface area contributed by atoms with Crippen molar-refractivity contribution < 1.29 is 9.53 Å². The maximum atomic E-state index is 11.1. The minimum atomic E-state index is -0.359. The molecule has 14 heavy (non-hydrogen) atoms. The number of esters is 1. The normalized spacial score (nSPS) is 18.7. The smallest absolute Gasteiger partial charge is 0.336 e. The minimum absolute atomic E-state index is 0.277. The van der Waals surface area contributed by atoms with Gasteiger partial charge in [-0.2, -0.15) is 0 Å². The summed E-state index contributed by atoms with van der Waals surface area (Å²) in [6.07, 6.45) is 0. The van der Waals surface area contributed by atoms with Crippen LogP contribution in [0.2, 0.25) is 0 Å². The third-order valence-corrected chi connectivity index (χ3v) is 2.23. The molecule has 2 rings (SSSR count). The molecule has 1 aromatic carbocycles. The average molecular weight is 189 g/mol. The number of hydrogen-bond donors (Lipinski definition) is 0. The predicted octanol–water partition coefficient (Wildman–Crippen LogP) is 1.34. The number of carbonyl (C=O) groups is 1. The second-order valence-corrected chi connectivity index (χ2v) is 3.31. The summed E-state index contributed by atoms with van der Waals surface area (Å²) in [6.45, 7) is 2.02. The molecule has 0 amide bonds. The fraction of sp³-hybridized carbons (Fsp3) is 0.273. The highest BCUT2D eigenvalue weighted by Gasteiger charge is 2.36. The fourth-order valence-electron chi connectivity index (χ4n) is 1.33. The van der Waals surface area contributed by atoms with Crippen molar-refractivity contribution in [2.75, 3.05) is 7.11 Å². The van der Waals surface area contributed by atoms with E-state index in [2.05, 4.69) is 9.73 Å². The first-order valence-electron chi connectivity index (χ1n) is 4.45. The van der Waals surface area contributed by atoms with Gasteiger partial charge in [-0.25, -0.2) is 4.79 Å². The van der Waals surface area contributed by atoms with Crippen LogP contribution in [0.15, 0.2) is 29.3 Å². The van der Waals surface area contributed by atoms with Gasteiger partial charge in [0.2, 0.25) is 0 Å². The zero-order valence-corrected chi connectivity index (χ0v) is 8.15. The molecule has 1 unspecified atom stereocenters. The highest BCUT2D eigenvalue weighted by Crippen LogP contribution is 2.21. The molecule has 0 saturated heterocycles.